The highest BCUT2D eigenvalue weighted by Crippen LogP contribution is 2.17. The summed E-state index contributed by atoms with van der Waals surface area (Å²) in [5.41, 5.74) is 3.05. The third-order valence-electron chi connectivity index (χ3n) is 3.04. The molecule has 0 spiro atoms. The van der Waals surface area contributed by atoms with Crippen molar-refractivity contribution < 1.29 is 9.53 Å². The molecule has 3 nitrogen and oxygen atoms in total. The van der Waals surface area contributed by atoms with E-state index in [-0.39, 0.29) is 5.78 Å². The summed E-state index contributed by atoms with van der Waals surface area (Å²) >= 11 is 0. The predicted octanol–water partition coefficient (Wildman–Crippen LogP) is 3.77. The highest BCUT2D eigenvalue weighted by atomic mass is 16.5. The van der Waals surface area contributed by atoms with Crippen LogP contribution in [0.25, 0.3) is 6.08 Å². The highest BCUT2D eigenvalue weighted by Gasteiger charge is 2.05. The lowest BCUT2D eigenvalue weighted by Crippen LogP contribution is -1.96. The Kier molecular flexibility index (Phi) is 4.53. The smallest absolute Gasteiger partial charge is 0.185 e. The lowest BCUT2D eigenvalue weighted by Gasteiger charge is -2.04. The molecule has 0 N–H and O–H groups in total. The molecule has 2 aromatic carbocycles. The Labute approximate surface area is 124 Å². The molecule has 0 heterocycles. The molecule has 0 aliphatic carbocycles. The zero-order chi connectivity index (χ0) is 15.2. The first-order valence-electron chi connectivity index (χ1n) is 6.50. The summed E-state index contributed by atoms with van der Waals surface area (Å²) in [6.45, 7) is 1.92. The molecule has 0 radical (unpaired) electrons. The standard InChI is InChI=1S/C18H15NO2/c1-13-9-16(11-17(10-13)21-2)18(20)8-7-14-3-5-15(12-19)6-4-14/h3-11H,1-2H3/b8-7+. The van der Waals surface area contributed by atoms with Gasteiger partial charge in [-0.1, -0.05) is 18.2 Å². The molecule has 2 rings (SSSR count). The molecule has 0 bridgehead atoms. The molecule has 0 aliphatic rings. The van der Waals surface area contributed by atoms with Crippen molar-refractivity contribution in [3.8, 4) is 11.8 Å². The second kappa shape index (κ2) is 6.53. The first kappa shape index (κ1) is 14.5. The van der Waals surface area contributed by atoms with Crippen molar-refractivity contribution in [2.75, 3.05) is 7.11 Å². The number of ketones is 1. The SMILES string of the molecule is COc1cc(C)cc(C(=O)/C=C/c2ccc(C#N)cc2)c1. The van der Waals surface area contributed by atoms with Crippen molar-refractivity contribution in [1.82, 2.24) is 0 Å². The van der Waals surface area contributed by atoms with Gasteiger partial charge >= 0.3 is 0 Å². The summed E-state index contributed by atoms with van der Waals surface area (Å²) in [7, 11) is 1.58. The van der Waals surface area contributed by atoms with E-state index in [1.165, 1.54) is 6.08 Å². The van der Waals surface area contributed by atoms with Crippen LogP contribution in [-0.2, 0) is 0 Å². The van der Waals surface area contributed by atoms with Gasteiger partial charge in [-0.15, -0.1) is 0 Å². The van der Waals surface area contributed by atoms with Crippen LogP contribution in [0.5, 0.6) is 5.75 Å². The van der Waals surface area contributed by atoms with E-state index in [0.717, 1.165) is 11.1 Å². The Morgan fingerprint density at radius 1 is 1.19 bits per heavy atom. The number of methoxy groups -OCH3 is 1. The maximum Gasteiger partial charge on any atom is 0.185 e. The molecule has 0 aliphatic heterocycles. The molecule has 0 fully saturated rings. The van der Waals surface area contributed by atoms with Crippen LogP contribution in [0.1, 0.15) is 27.0 Å². The normalized spacial score (nSPS) is 10.3. The zero-order valence-corrected chi connectivity index (χ0v) is 12.0. The molecule has 2 aromatic rings. The lowest BCUT2D eigenvalue weighted by molar-refractivity contribution is 0.104. The van der Waals surface area contributed by atoms with Gasteiger partial charge in [0.2, 0.25) is 0 Å². The first-order valence-corrected chi connectivity index (χ1v) is 6.50. The van der Waals surface area contributed by atoms with E-state index in [1.54, 1.807) is 43.5 Å². The first-order chi connectivity index (χ1) is 10.1. The van der Waals surface area contributed by atoms with Gasteiger partial charge in [0, 0.05) is 5.56 Å². The second-order valence-electron chi connectivity index (χ2n) is 4.67. The molecule has 3 heteroatoms. The average molecular weight is 277 g/mol. The van der Waals surface area contributed by atoms with E-state index in [2.05, 4.69) is 6.07 Å². The van der Waals surface area contributed by atoms with Crippen LogP contribution in [0.3, 0.4) is 0 Å². The largest absolute Gasteiger partial charge is 0.497 e. The predicted molar refractivity (Wildman–Crippen MR) is 82.3 cm³/mol. The molecule has 21 heavy (non-hydrogen) atoms. The number of carbonyl (C=O) groups excluding carboxylic acids is 1. The van der Waals surface area contributed by atoms with Crippen molar-refractivity contribution in [2.45, 2.75) is 6.92 Å². The number of nitriles is 1. The summed E-state index contributed by atoms with van der Waals surface area (Å²) in [6, 6.07) is 14.5. The summed E-state index contributed by atoms with van der Waals surface area (Å²) < 4.78 is 5.17. The summed E-state index contributed by atoms with van der Waals surface area (Å²) in [6.07, 6.45) is 3.26. The molecule has 0 saturated heterocycles. The Hall–Kier alpha value is -2.86. The van der Waals surface area contributed by atoms with E-state index in [1.807, 2.05) is 19.1 Å². The van der Waals surface area contributed by atoms with E-state index in [0.29, 0.717) is 16.9 Å². The minimum Gasteiger partial charge on any atom is -0.497 e. The fourth-order valence-corrected chi connectivity index (χ4v) is 1.94. The van der Waals surface area contributed by atoms with Crippen molar-refractivity contribution in [3.63, 3.8) is 0 Å². The maximum absolute atomic E-state index is 12.2. The van der Waals surface area contributed by atoms with Gasteiger partial charge in [-0.3, -0.25) is 4.79 Å². The number of ether oxygens (including phenoxy) is 1. The Morgan fingerprint density at radius 2 is 1.90 bits per heavy atom. The average Bonchev–Trinajstić information content (AvgIpc) is 2.52. The topological polar surface area (TPSA) is 50.1 Å². The van der Waals surface area contributed by atoms with Crippen LogP contribution >= 0.6 is 0 Å². The highest BCUT2D eigenvalue weighted by molar-refractivity contribution is 6.07. The maximum atomic E-state index is 12.2. The van der Waals surface area contributed by atoms with Crippen LogP contribution in [0, 0.1) is 18.3 Å². The van der Waals surface area contributed by atoms with Crippen LogP contribution in [0.2, 0.25) is 0 Å². The summed E-state index contributed by atoms with van der Waals surface area (Å²) in [5.74, 6) is 0.589. The number of aryl methyl sites for hydroxylation is 1. The fourth-order valence-electron chi connectivity index (χ4n) is 1.94. The fraction of sp³-hybridized carbons (Fsp3) is 0.111. The Balaban J connectivity index is 2.18. The molecule has 0 aromatic heterocycles. The van der Waals surface area contributed by atoms with E-state index >= 15 is 0 Å². The molecular weight excluding hydrogens is 262 g/mol. The van der Waals surface area contributed by atoms with Gasteiger partial charge in [0.25, 0.3) is 0 Å². The Morgan fingerprint density at radius 3 is 2.52 bits per heavy atom. The van der Waals surface area contributed by atoms with E-state index in [9.17, 15) is 4.79 Å². The van der Waals surface area contributed by atoms with Crippen LogP contribution < -0.4 is 4.74 Å². The molecule has 0 saturated carbocycles. The second-order valence-corrected chi connectivity index (χ2v) is 4.67. The number of hydrogen-bond acceptors (Lipinski definition) is 3. The molecule has 0 atom stereocenters. The van der Waals surface area contributed by atoms with Gasteiger partial charge in [0.15, 0.2) is 5.78 Å². The van der Waals surface area contributed by atoms with E-state index < -0.39 is 0 Å². The number of nitrogens with zero attached hydrogens (tertiary/aromatic N) is 1. The van der Waals surface area contributed by atoms with Crippen molar-refractivity contribution in [3.05, 3.63) is 70.8 Å². The molecular formula is C18H15NO2. The number of allylic oxidation sites excluding steroid dienone is 1. The summed E-state index contributed by atoms with van der Waals surface area (Å²) in [4.78, 5) is 12.2. The van der Waals surface area contributed by atoms with Crippen LogP contribution in [0.4, 0.5) is 0 Å². The number of carbonyl (C=O) groups is 1. The molecule has 0 amide bonds. The quantitative estimate of drug-likeness (QED) is 0.631. The summed E-state index contributed by atoms with van der Waals surface area (Å²) in [5, 5.41) is 8.74. The van der Waals surface area contributed by atoms with Crippen molar-refractivity contribution in [2.24, 2.45) is 0 Å². The number of benzene rings is 2. The van der Waals surface area contributed by atoms with Gasteiger partial charge in [0.05, 0.1) is 18.7 Å². The van der Waals surface area contributed by atoms with Crippen LogP contribution in [0.15, 0.2) is 48.5 Å². The lowest BCUT2D eigenvalue weighted by atomic mass is 10.1. The van der Waals surface area contributed by atoms with Crippen LogP contribution in [-0.4, -0.2) is 12.9 Å². The van der Waals surface area contributed by atoms with Gasteiger partial charge in [-0.05, 0) is 54.5 Å². The molecule has 0 unspecified atom stereocenters. The minimum absolute atomic E-state index is 0.0821. The van der Waals surface area contributed by atoms with Crippen molar-refractivity contribution >= 4 is 11.9 Å². The zero-order valence-electron chi connectivity index (χ0n) is 12.0. The number of hydrogen-bond donors (Lipinski definition) is 0. The van der Waals surface area contributed by atoms with Gasteiger partial charge in [-0.25, -0.2) is 0 Å². The number of rotatable bonds is 4. The van der Waals surface area contributed by atoms with Gasteiger partial charge in [0.1, 0.15) is 5.75 Å². The third kappa shape index (κ3) is 3.80. The minimum atomic E-state index is -0.0821. The molecule has 104 valence electrons. The van der Waals surface area contributed by atoms with Crippen molar-refractivity contribution in [1.29, 1.82) is 5.26 Å². The van der Waals surface area contributed by atoms with Gasteiger partial charge in [-0.2, -0.15) is 5.26 Å². The monoisotopic (exact) mass is 277 g/mol. The van der Waals surface area contributed by atoms with Gasteiger partial charge < -0.3 is 4.74 Å². The third-order valence-corrected chi connectivity index (χ3v) is 3.04. The Bertz CT molecular complexity index is 722. The van der Waals surface area contributed by atoms with E-state index in [4.69, 9.17) is 10.00 Å².